The number of hydrogen-bond acceptors (Lipinski definition) is 1. The molecule has 2 aliphatic carbocycles. The van der Waals surface area contributed by atoms with E-state index in [1.807, 2.05) is 11.3 Å². The molecule has 0 bridgehead atoms. The lowest BCUT2D eigenvalue weighted by Crippen LogP contribution is -2.12. The molecule has 0 saturated heterocycles. The van der Waals surface area contributed by atoms with Gasteiger partial charge in [0.2, 0.25) is 0 Å². The Labute approximate surface area is 124 Å². The molecule has 1 aromatic heterocycles. The lowest BCUT2D eigenvalue weighted by Gasteiger charge is -2.27. The van der Waals surface area contributed by atoms with E-state index in [0.717, 1.165) is 0 Å². The highest BCUT2D eigenvalue weighted by atomic mass is 32.1. The fourth-order valence-electron chi connectivity index (χ4n) is 3.76. The SMILES string of the molecule is CC1C=CC=C([C@H]2CCCc3c2sc2ccccc32)C1. The Bertz CT molecular complexity index is 702. The molecule has 0 saturated carbocycles. The number of rotatable bonds is 1. The zero-order valence-electron chi connectivity index (χ0n) is 11.9. The van der Waals surface area contributed by atoms with Crippen LogP contribution < -0.4 is 0 Å². The maximum absolute atomic E-state index is 2.38. The highest BCUT2D eigenvalue weighted by Crippen LogP contribution is 2.46. The first-order valence-corrected chi connectivity index (χ1v) is 8.52. The second-order valence-electron chi connectivity index (χ2n) is 6.19. The average molecular weight is 280 g/mol. The lowest BCUT2D eigenvalue weighted by atomic mass is 9.79. The van der Waals surface area contributed by atoms with Crippen LogP contribution in [0.3, 0.4) is 0 Å². The monoisotopic (exact) mass is 280 g/mol. The van der Waals surface area contributed by atoms with E-state index in [-0.39, 0.29) is 0 Å². The van der Waals surface area contributed by atoms with Gasteiger partial charge >= 0.3 is 0 Å². The van der Waals surface area contributed by atoms with Crippen molar-refractivity contribution in [3.05, 3.63) is 58.5 Å². The van der Waals surface area contributed by atoms with Gasteiger partial charge in [-0.2, -0.15) is 0 Å². The second kappa shape index (κ2) is 4.89. The summed E-state index contributed by atoms with van der Waals surface area (Å²) < 4.78 is 1.48. The molecular formula is C19H20S. The molecule has 1 heterocycles. The zero-order valence-corrected chi connectivity index (χ0v) is 12.7. The fourth-order valence-corrected chi connectivity index (χ4v) is 5.19. The van der Waals surface area contributed by atoms with Crippen molar-refractivity contribution in [2.24, 2.45) is 5.92 Å². The first-order chi connectivity index (χ1) is 9.83. The average Bonchev–Trinajstić information content (AvgIpc) is 2.86. The molecular weight excluding hydrogens is 260 g/mol. The summed E-state index contributed by atoms with van der Waals surface area (Å²) in [6, 6.07) is 8.95. The summed E-state index contributed by atoms with van der Waals surface area (Å²) in [5, 5.41) is 1.51. The van der Waals surface area contributed by atoms with Gasteiger partial charge in [-0.05, 0) is 48.6 Å². The number of fused-ring (bicyclic) bond motifs is 3. The van der Waals surface area contributed by atoms with E-state index in [1.54, 1.807) is 16.0 Å². The predicted octanol–water partition coefficient (Wildman–Crippen LogP) is 5.84. The summed E-state index contributed by atoms with van der Waals surface area (Å²) >= 11 is 2.04. The third-order valence-corrected chi connectivity index (χ3v) is 6.05. The van der Waals surface area contributed by atoms with E-state index in [0.29, 0.717) is 11.8 Å². The predicted molar refractivity (Wildman–Crippen MR) is 88.5 cm³/mol. The Morgan fingerprint density at radius 3 is 3.00 bits per heavy atom. The molecule has 1 aromatic carbocycles. The van der Waals surface area contributed by atoms with E-state index in [2.05, 4.69) is 49.4 Å². The topological polar surface area (TPSA) is 0 Å². The number of hydrogen-bond donors (Lipinski definition) is 0. The quantitative estimate of drug-likeness (QED) is 0.615. The molecule has 20 heavy (non-hydrogen) atoms. The standard InChI is InChI=1S/C19H20S/c1-13-6-4-7-14(12-13)15-9-5-10-17-16-8-2-3-11-18(16)20-19(15)17/h2-4,6-8,11,13,15H,5,9-10,12H2,1H3/t13?,15-/m1/s1. The molecule has 2 aromatic rings. The third-order valence-electron chi connectivity index (χ3n) is 4.72. The van der Waals surface area contributed by atoms with E-state index >= 15 is 0 Å². The van der Waals surface area contributed by atoms with Crippen molar-refractivity contribution in [3.8, 4) is 0 Å². The Kier molecular flexibility index (Phi) is 3.03. The molecule has 0 aliphatic heterocycles. The zero-order chi connectivity index (χ0) is 13.5. The molecule has 1 unspecified atom stereocenters. The fraction of sp³-hybridized carbons (Fsp3) is 0.368. The van der Waals surface area contributed by atoms with Crippen LogP contribution in [0.15, 0.2) is 48.1 Å². The van der Waals surface area contributed by atoms with E-state index in [9.17, 15) is 0 Å². The van der Waals surface area contributed by atoms with Crippen LogP contribution in [0.1, 0.15) is 42.5 Å². The second-order valence-corrected chi connectivity index (χ2v) is 7.28. The summed E-state index contributed by atoms with van der Waals surface area (Å²) in [7, 11) is 0. The van der Waals surface area contributed by atoms with Crippen LogP contribution in [0.4, 0.5) is 0 Å². The van der Waals surface area contributed by atoms with Crippen LogP contribution >= 0.6 is 11.3 Å². The Balaban J connectivity index is 1.82. The Hall–Kier alpha value is -1.34. The minimum absolute atomic E-state index is 0.684. The number of aryl methyl sites for hydroxylation is 1. The van der Waals surface area contributed by atoms with Gasteiger partial charge in [-0.3, -0.25) is 0 Å². The molecule has 2 atom stereocenters. The molecule has 1 heteroatoms. The third kappa shape index (κ3) is 1.96. The Morgan fingerprint density at radius 1 is 1.20 bits per heavy atom. The minimum atomic E-state index is 0.684. The van der Waals surface area contributed by atoms with Crippen molar-refractivity contribution in [2.45, 2.75) is 38.5 Å². The van der Waals surface area contributed by atoms with Gasteiger partial charge in [0, 0.05) is 15.5 Å². The van der Waals surface area contributed by atoms with Crippen molar-refractivity contribution in [3.63, 3.8) is 0 Å². The maximum Gasteiger partial charge on any atom is 0.0348 e. The van der Waals surface area contributed by atoms with Gasteiger partial charge in [0.15, 0.2) is 0 Å². The molecule has 0 nitrogen and oxygen atoms in total. The summed E-state index contributed by atoms with van der Waals surface area (Å²) in [5.74, 6) is 1.39. The van der Waals surface area contributed by atoms with Crippen LogP contribution in [-0.4, -0.2) is 0 Å². The Morgan fingerprint density at radius 2 is 2.10 bits per heavy atom. The van der Waals surface area contributed by atoms with E-state index < -0.39 is 0 Å². The normalized spacial score (nSPS) is 25.6. The summed E-state index contributed by atoms with van der Waals surface area (Å²) in [6.45, 7) is 2.33. The first-order valence-electron chi connectivity index (χ1n) is 7.70. The van der Waals surface area contributed by atoms with Gasteiger partial charge in [0.05, 0.1) is 0 Å². The van der Waals surface area contributed by atoms with Crippen LogP contribution in [-0.2, 0) is 6.42 Å². The molecule has 0 amide bonds. The van der Waals surface area contributed by atoms with E-state index in [4.69, 9.17) is 0 Å². The van der Waals surface area contributed by atoms with Crippen LogP contribution in [0.25, 0.3) is 10.1 Å². The number of allylic oxidation sites excluding steroid dienone is 4. The molecule has 0 N–H and O–H groups in total. The van der Waals surface area contributed by atoms with Crippen molar-refractivity contribution >= 4 is 21.4 Å². The van der Waals surface area contributed by atoms with Crippen LogP contribution in [0, 0.1) is 5.92 Å². The molecule has 0 spiro atoms. The van der Waals surface area contributed by atoms with Crippen LogP contribution in [0.5, 0.6) is 0 Å². The first kappa shape index (κ1) is 12.4. The molecule has 0 radical (unpaired) electrons. The van der Waals surface area contributed by atoms with Crippen molar-refractivity contribution in [2.75, 3.05) is 0 Å². The molecule has 4 rings (SSSR count). The molecule has 102 valence electrons. The molecule has 0 fully saturated rings. The highest BCUT2D eigenvalue weighted by molar-refractivity contribution is 7.19. The van der Waals surface area contributed by atoms with Gasteiger partial charge in [-0.25, -0.2) is 0 Å². The van der Waals surface area contributed by atoms with Gasteiger partial charge < -0.3 is 0 Å². The van der Waals surface area contributed by atoms with Crippen molar-refractivity contribution in [1.29, 1.82) is 0 Å². The maximum atomic E-state index is 2.38. The highest BCUT2D eigenvalue weighted by Gasteiger charge is 2.27. The number of benzene rings is 1. The minimum Gasteiger partial charge on any atom is -0.139 e. The number of thiophene rings is 1. The summed E-state index contributed by atoms with van der Waals surface area (Å²) in [5.41, 5.74) is 3.30. The lowest BCUT2D eigenvalue weighted by molar-refractivity contribution is 0.574. The smallest absolute Gasteiger partial charge is 0.0348 e. The van der Waals surface area contributed by atoms with E-state index in [1.165, 1.54) is 35.8 Å². The van der Waals surface area contributed by atoms with Gasteiger partial charge in [0.25, 0.3) is 0 Å². The summed E-state index contributed by atoms with van der Waals surface area (Å²) in [6.07, 6.45) is 12.2. The van der Waals surface area contributed by atoms with Gasteiger partial charge in [-0.15, -0.1) is 11.3 Å². The molecule has 2 aliphatic rings. The van der Waals surface area contributed by atoms with Gasteiger partial charge in [0.1, 0.15) is 0 Å². The largest absolute Gasteiger partial charge is 0.139 e. The van der Waals surface area contributed by atoms with Crippen LogP contribution in [0.2, 0.25) is 0 Å². The van der Waals surface area contributed by atoms with Crippen molar-refractivity contribution in [1.82, 2.24) is 0 Å². The summed E-state index contributed by atoms with van der Waals surface area (Å²) in [4.78, 5) is 1.66. The van der Waals surface area contributed by atoms with Crippen molar-refractivity contribution < 1.29 is 0 Å². The van der Waals surface area contributed by atoms with Gasteiger partial charge in [-0.1, -0.05) is 48.9 Å².